The number of amides is 1. The molecule has 3 rings (SSSR count). The van der Waals surface area contributed by atoms with E-state index in [0.717, 1.165) is 25.4 Å². The predicted molar refractivity (Wildman–Crippen MR) is 96.7 cm³/mol. The van der Waals surface area contributed by atoms with E-state index in [1.807, 2.05) is 12.1 Å². The Labute approximate surface area is 156 Å². The fraction of sp³-hybridized carbons (Fsp3) is 0.368. The summed E-state index contributed by atoms with van der Waals surface area (Å²) < 4.78 is 5.35. The number of hydrogen-bond acceptors (Lipinski definition) is 4. The number of carboxylic acids is 1. The van der Waals surface area contributed by atoms with Gasteiger partial charge in [-0.25, -0.2) is 4.79 Å². The van der Waals surface area contributed by atoms with Gasteiger partial charge in [0.15, 0.2) is 6.04 Å². The number of nitrogens with one attached hydrogen (secondary N) is 1. The molecule has 1 aromatic heterocycles. The molecular formula is C19H21ClN2O4. The highest BCUT2D eigenvalue weighted by atomic mass is 35.5. The molecule has 1 saturated heterocycles. The molecule has 6 nitrogen and oxygen atoms in total. The average Bonchev–Trinajstić information content (AvgIpc) is 3.13. The molecule has 26 heavy (non-hydrogen) atoms. The Morgan fingerprint density at radius 2 is 1.96 bits per heavy atom. The van der Waals surface area contributed by atoms with Crippen LogP contribution in [0.25, 0.3) is 0 Å². The lowest BCUT2D eigenvalue weighted by Gasteiger charge is -2.31. The Hall–Kier alpha value is -2.31. The zero-order valence-electron chi connectivity index (χ0n) is 14.2. The molecule has 1 aliphatic heterocycles. The van der Waals surface area contributed by atoms with Crippen molar-refractivity contribution in [1.29, 1.82) is 0 Å². The number of hydrogen-bond donors (Lipinski definition) is 2. The van der Waals surface area contributed by atoms with Crippen LogP contribution < -0.4 is 5.32 Å². The van der Waals surface area contributed by atoms with E-state index in [1.54, 1.807) is 30.5 Å². The summed E-state index contributed by atoms with van der Waals surface area (Å²) in [4.78, 5) is 26.4. The lowest BCUT2D eigenvalue weighted by molar-refractivity contribution is -0.143. The van der Waals surface area contributed by atoms with Gasteiger partial charge in [-0.2, -0.15) is 0 Å². The van der Waals surface area contributed by atoms with Crippen molar-refractivity contribution in [2.75, 3.05) is 13.1 Å². The summed E-state index contributed by atoms with van der Waals surface area (Å²) in [5.74, 6) is -0.665. The monoisotopic (exact) mass is 376 g/mol. The van der Waals surface area contributed by atoms with Crippen LogP contribution in [0.2, 0.25) is 5.02 Å². The number of halogens is 1. The molecule has 0 spiro atoms. The van der Waals surface area contributed by atoms with Crippen LogP contribution >= 0.6 is 11.6 Å². The summed E-state index contributed by atoms with van der Waals surface area (Å²) in [5.41, 5.74) is 0.394. The molecule has 7 heteroatoms. The van der Waals surface area contributed by atoms with Crippen LogP contribution in [0.3, 0.4) is 0 Å². The largest absolute Gasteiger partial charge is 0.479 e. The highest BCUT2D eigenvalue weighted by Crippen LogP contribution is 2.25. The van der Waals surface area contributed by atoms with Gasteiger partial charge in [0, 0.05) is 16.5 Å². The SMILES string of the molecule is O=C(NC(C(=O)O)c1ccccc1Cl)C1CCN(Cc2ccco2)CC1. The van der Waals surface area contributed by atoms with Crippen molar-refractivity contribution in [2.45, 2.75) is 25.4 Å². The van der Waals surface area contributed by atoms with E-state index in [4.69, 9.17) is 16.0 Å². The number of rotatable bonds is 6. The zero-order chi connectivity index (χ0) is 18.5. The summed E-state index contributed by atoms with van der Waals surface area (Å²) in [6, 6.07) is 9.31. The maximum atomic E-state index is 12.6. The highest BCUT2D eigenvalue weighted by Gasteiger charge is 2.30. The summed E-state index contributed by atoms with van der Waals surface area (Å²) in [6.45, 7) is 2.25. The van der Waals surface area contributed by atoms with Crippen LogP contribution in [0.4, 0.5) is 0 Å². The van der Waals surface area contributed by atoms with Crippen molar-refractivity contribution in [3.05, 3.63) is 59.0 Å². The molecule has 2 heterocycles. The maximum absolute atomic E-state index is 12.6. The molecule has 1 amide bonds. The highest BCUT2D eigenvalue weighted by molar-refractivity contribution is 6.31. The summed E-state index contributed by atoms with van der Waals surface area (Å²) in [7, 11) is 0. The smallest absolute Gasteiger partial charge is 0.330 e. The van der Waals surface area contributed by atoms with E-state index < -0.39 is 12.0 Å². The third-order valence-corrected chi connectivity index (χ3v) is 5.01. The molecule has 0 aliphatic carbocycles. The van der Waals surface area contributed by atoms with Gasteiger partial charge in [-0.15, -0.1) is 0 Å². The lowest BCUT2D eigenvalue weighted by Crippen LogP contribution is -2.42. The molecule has 0 saturated carbocycles. The maximum Gasteiger partial charge on any atom is 0.330 e. The Balaban J connectivity index is 1.57. The van der Waals surface area contributed by atoms with Gasteiger partial charge in [0.2, 0.25) is 5.91 Å². The first-order chi connectivity index (χ1) is 12.5. The van der Waals surface area contributed by atoms with Gasteiger partial charge < -0.3 is 14.8 Å². The molecule has 2 aromatic rings. The summed E-state index contributed by atoms with van der Waals surface area (Å²) in [5, 5.41) is 12.5. The van der Waals surface area contributed by atoms with Gasteiger partial charge in [-0.3, -0.25) is 9.69 Å². The Morgan fingerprint density at radius 3 is 2.58 bits per heavy atom. The fourth-order valence-corrected chi connectivity index (χ4v) is 3.46. The van der Waals surface area contributed by atoms with E-state index in [0.29, 0.717) is 23.4 Å². The Bertz CT molecular complexity index is 755. The number of carboxylic acid groups (broad SMARTS) is 1. The molecule has 1 fully saturated rings. The van der Waals surface area contributed by atoms with Crippen molar-refractivity contribution in [2.24, 2.45) is 5.92 Å². The van der Waals surface area contributed by atoms with Crippen LogP contribution in [0.5, 0.6) is 0 Å². The number of benzene rings is 1. The second-order valence-electron chi connectivity index (χ2n) is 6.43. The minimum Gasteiger partial charge on any atom is -0.479 e. The number of likely N-dealkylation sites (tertiary alicyclic amines) is 1. The van der Waals surface area contributed by atoms with Gasteiger partial charge >= 0.3 is 5.97 Å². The number of nitrogens with zero attached hydrogens (tertiary/aromatic N) is 1. The number of aliphatic carboxylic acids is 1. The quantitative estimate of drug-likeness (QED) is 0.809. The molecule has 1 unspecified atom stereocenters. The molecule has 0 radical (unpaired) electrons. The van der Waals surface area contributed by atoms with E-state index in [9.17, 15) is 14.7 Å². The van der Waals surface area contributed by atoms with Crippen molar-refractivity contribution < 1.29 is 19.1 Å². The molecule has 1 aromatic carbocycles. The number of carbonyl (C=O) groups excluding carboxylic acids is 1. The minimum atomic E-state index is -1.14. The second-order valence-corrected chi connectivity index (χ2v) is 6.84. The first-order valence-corrected chi connectivity index (χ1v) is 8.94. The third kappa shape index (κ3) is 4.45. The van der Waals surface area contributed by atoms with Crippen molar-refractivity contribution >= 4 is 23.5 Å². The van der Waals surface area contributed by atoms with Gasteiger partial charge in [-0.1, -0.05) is 29.8 Å². The van der Waals surface area contributed by atoms with Crippen LogP contribution in [0.1, 0.15) is 30.2 Å². The van der Waals surface area contributed by atoms with E-state index in [1.165, 1.54) is 0 Å². The van der Waals surface area contributed by atoms with E-state index in [-0.39, 0.29) is 11.8 Å². The van der Waals surface area contributed by atoms with Crippen molar-refractivity contribution in [3.63, 3.8) is 0 Å². The van der Waals surface area contributed by atoms with Crippen LogP contribution in [0, 0.1) is 5.92 Å². The minimum absolute atomic E-state index is 0.202. The lowest BCUT2D eigenvalue weighted by atomic mass is 9.95. The van der Waals surface area contributed by atoms with E-state index >= 15 is 0 Å². The molecule has 2 N–H and O–H groups in total. The topological polar surface area (TPSA) is 82.8 Å². The Kier molecular flexibility index (Phi) is 5.96. The molecular weight excluding hydrogens is 356 g/mol. The second kappa shape index (κ2) is 8.38. The Morgan fingerprint density at radius 1 is 1.23 bits per heavy atom. The summed E-state index contributed by atoms with van der Waals surface area (Å²) in [6.07, 6.45) is 3.01. The molecule has 0 bridgehead atoms. The van der Waals surface area contributed by atoms with Crippen LogP contribution in [-0.2, 0) is 16.1 Å². The van der Waals surface area contributed by atoms with Crippen LogP contribution in [0.15, 0.2) is 47.1 Å². The van der Waals surface area contributed by atoms with Crippen LogP contribution in [-0.4, -0.2) is 35.0 Å². The fourth-order valence-electron chi connectivity index (χ4n) is 3.22. The number of carbonyl (C=O) groups is 2. The van der Waals surface area contributed by atoms with E-state index in [2.05, 4.69) is 10.2 Å². The first-order valence-electron chi connectivity index (χ1n) is 8.57. The van der Waals surface area contributed by atoms with Gasteiger partial charge in [0.1, 0.15) is 5.76 Å². The molecule has 1 atom stereocenters. The number of piperidine rings is 1. The van der Waals surface area contributed by atoms with Crippen molar-refractivity contribution in [3.8, 4) is 0 Å². The third-order valence-electron chi connectivity index (χ3n) is 4.67. The number of furan rings is 1. The molecule has 138 valence electrons. The standard InChI is InChI=1S/C19H21ClN2O4/c20-16-6-2-1-5-15(16)17(19(24)25)21-18(23)13-7-9-22(10-8-13)12-14-4-3-11-26-14/h1-6,11,13,17H,7-10,12H2,(H,21,23)(H,24,25). The molecule has 1 aliphatic rings. The summed E-state index contributed by atoms with van der Waals surface area (Å²) >= 11 is 6.09. The van der Waals surface area contributed by atoms with Gasteiger partial charge in [-0.05, 0) is 44.1 Å². The van der Waals surface area contributed by atoms with Crippen molar-refractivity contribution in [1.82, 2.24) is 10.2 Å². The average molecular weight is 377 g/mol. The zero-order valence-corrected chi connectivity index (χ0v) is 15.0. The predicted octanol–water partition coefficient (Wildman–Crippen LogP) is 3.09. The normalized spacial score (nSPS) is 17.0. The van der Waals surface area contributed by atoms with Gasteiger partial charge in [0.05, 0.1) is 12.8 Å². The first kappa shape index (κ1) is 18.5. The van der Waals surface area contributed by atoms with Gasteiger partial charge in [0.25, 0.3) is 0 Å².